The van der Waals surface area contributed by atoms with E-state index >= 15 is 0 Å². The molecule has 1 aromatic rings. The summed E-state index contributed by atoms with van der Waals surface area (Å²) in [6.07, 6.45) is 1.51. The lowest BCUT2D eigenvalue weighted by atomic mass is 9.84. The normalized spacial score (nSPS) is 12.8. The van der Waals surface area contributed by atoms with Crippen LogP contribution in [0.4, 0.5) is 0 Å². The number of hydrogen-bond acceptors (Lipinski definition) is 3. The first-order chi connectivity index (χ1) is 8.71. The Kier molecular flexibility index (Phi) is 4.64. The Morgan fingerprint density at radius 2 is 2.05 bits per heavy atom. The zero-order valence-electron chi connectivity index (χ0n) is 11.7. The molecule has 0 radical (unpaired) electrons. The molecule has 1 atom stereocenters. The van der Waals surface area contributed by atoms with Crippen molar-refractivity contribution < 1.29 is 14.7 Å². The fourth-order valence-corrected chi connectivity index (χ4v) is 1.71. The number of carboxylic acids is 1. The standard InChI is InChI=1S/C14H20N2O3/c1-9-10(6-5-7-15-9)13(19)16-11(8-12(17)18)14(2,3)4/h5-7,11H,8H2,1-4H3,(H,16,19)(H,17,18). The van der Waals surface area contributed by atoms with Gasteiger partial charge in [0.25, 0.3) is 5.91 Å². The van der Waals surface area contributed by atoms with Crippen LogP contribution in [-0.4, -0.2) is 28.0 Å². The number of aryl methyl sites for hydroxylation is 1. The van der Waals surface area contributed by atoms with Crippen LogP contribution in [0.15, 0.2) is 18.3 Å². The number of amides is 1. The summed E-state index contributed by atoms with van der Waals surface area (Å²) in [5, 5.41) is 11.7. The maximum Gasteiger partial charge on any atom is 0.305 e. The van der Waals surface area contributed by atoms with Gasteiger partial charge in [-0.3, -0.25) is 14.6 Å². The molecule has 0 saturated carbocycles. The third-order valence-corrected chi connectivity index (χ3v) is 2.98. The Morgan fingerprint density at radius 1 is 1.42 bits per heavy atom. The molecule has 2 N–H and O–H groups in total. The second-order valence-electron chi connectivity index (χ2n) is 5.63. The van der Waals surface area contributed by atoms with Gasteiger partial charge in [-0.25, -0.2) is 0 Å². The van der Waals surface area contributed by atoms with Crippen molar-refractivity contribution in [3.63, 3.8) is 0 Å². The lowest BCUT2D eigenvalue weighted by Gasteiger charge is -2.30. The molecule has 1 rings (SSSR count). The van der Waals surface area contributed by atoms with Gasteiger partial charge in [0.1, 0.15) is 0 Å². The molecule has 0 bridgehead atoms. The van der Waals surface area contributed by atoms with Crippen LogP contribution in [0.25, 0.3) is 0 Å². The predicted octanol–water partition coefficient (Wildman–Crippen LogP) is 2.01. The van der Waals surface area contributed by atoms with Crippen molar-refractivity contribution in [3.05, 3.63) is 29.6 Å². The quantitative estimate of drug-likeness (QED) is 0.871. The van der Waals surface area contributed by atoms with Crippen molar-refractivity contribution in [2.45, 2.75) is 40.2 Å². The molecule has 1 heterocycles. The Bertz CT molecular complexity index is 478. The number of carboxylic acid groups (broad SMARTS) is 1. The van der Waals surface area contributed by atoms with Gasteiger partial charge in [-0.1, -0.05) is 20.8 Å². The number of carbonyl (C=O) groups excluding carboxylic acids is 1. The molecule has 0 spiro atoms. The first-order valence-electron chi connectivity index (χ1n) is 6.16. The van der Waals surface area contributed by atoms with Gasteiger partial charge >= 0.3 is 5.97 Å². The Morgan fingerprint density at radius 3 is 2.53 bits per heavy atom. The molecule has 1 aromatic heterocycles. The van der Waals surface area contributed by atoms with E-state index in [4.69, 9.17) is 5.11 Å². The molecule has 104 valence electrons. The highest BCUT2D eigenvalue weighted by molar-refractivity contribution is 5.95. The Balaban J connectivity index is 2.88. The first kappa shape index (κ1) is 15.1. The van der Waals surface area contributed by atoms with Gasteiger partial charge in [0.15, 0.2) is 0 Å². The molecule has 19 heavy (non-hydrogen) atoms. The van der Waals surface area contributed by atoms with E-state index < -0.39 is 12.0 Å². The SMILES string of the molecule is Cc1ncccc1C(=O)NC(CC(=O)O)C(C)(C)C. The van der Waals surface area contributed by atoms with Gasteiger partial charge in [-0.2, -0.15) is 0 Å². The summed E-state index contributed by atoms with van der Waals surface area (Å²) < 4.78 is 0. The number of hydrogen-bond donors (Lipinski definition) is 2. The van der Waals surface area contributed by atoms with Gasteiger partial charge in [0.2, 0.25) is 0 Å². The van der Waals surface area contributed by atoms with Crippen LogP contribution in [0.2, 0.25) is 0 Å². The predicted molar refractivity (Wildman–Crippen MR) is 71.9 cm³/mol. The molecule has 0 fully saturated rings. The second kappa shape index (κ2) is 5.82. The van der Waals surface area contributed by atoms with Gasteiger partial charge in [-0.15, -0.1) is 0 Å². The minimum atomic E-state index is -0.928. The molecular weight excluding hydrogens is 244 g/mol. The maximum atomic E-state index is 12.2. The molecular formula is C14H20N2O3. The van der Waals surface area contributed by atoms with E-state index in [2.05, 4.69) is 10.3 Å². The summed E-state index contributed by atoms with van der Waals surface area (Å²) in [6.45, 7) is 7.45. The molecule has 0 aliphatic carbocycles. The first-order valence-corrected chi connectivity index (χ1v) is 6.16. The fourth-order valence-electron chi connectivity index (χ4n) is 1.71. The highest BCUT2D eigenvalue weighted by atomic mass is 16.4. The monoisotopic (exact) mass is 264 g/mol. The van der Waals surface area contributed by atoms with E-state index in [9.17, 15) is 9.59 Å². The van der Waals surface area contributed by atoms with Crippen molar-refractivity contribution >= 4 is 11.9 Å². The summed E-state index contributed by atoms with van der Waals surface area (Å²) in [6, 6.07) is 2.93. The van der Waals surface area contributed by atoms with Crippen molar-refractivity contribution in [2.75, 3.05) is 0 Å². The molecule has 1 amide bonds. The Hall–Kier alpha value is -1.91. The number of rotatable bonds is 4. The van der Waals surface area contributed by atoms with Crippen LogP contribution in [0.3, 0.4) is 0 Å². The highest BCUT2D eigenvalue weighted by Gasteiger charge is 2.29. The molecule has 0 saturated heterocycles. The van der Waals surface area contributed by atoms with Crippen LogP contribution >= 0.6 is 0 Å². The highest BCUT2D eigenvalue weighted by Crippen LogP contribution is 2.22. The van der Waals surface area contributed by atoms with Gasteiger partial charge in [0, 0.05) is 17.9 Å². The average molecular weight is 264 g/mol. The summed E-state index contributed by atoms with van der Waals surface area (Å²) in [7, 11) is 0. The van der Waals surface area contributed by atoms with E-state index in [1.54, 1.807) is 25.3 Å². The number of aliphatic carboxylic acids is 1. The molecule has 5 nitrogen and oxygen atoms in total. The number of carbonyl (C=O) groups is 2. The van der Waals surface area contributed by atoms with E-state index in [0.29, 0.717) is 11.3 Å². The summed E-state index contributed by atoms with van der Waals surface area (Å²) in [5.74, 6) is -1.21. The summed E-state index contributed by atoms with van der Waals surface area (Å²) >= 11 is 0. The summed E-state index contributed by atoms with van der Waals surface area (Å²) in [5.41, 5.74) is 0.773. The largest absolute Gasteiger partial charge is 0.481 e. The molecule has 0 aliphatic heterocycles. The van der Waals surface area contributed by atoms with E-state index in [1.807, 2.05) is 20.8 Å². The topological polar surface area (TPSA) is 79.3 Å². The van der Waals surface area contributed by atoms with Gasteiger partial charge < -0.3 is 10.4 Å². The third-order valence-electron chi connectivity index (χ3n) is 2.98. The smallest absolute Gasteiger partial charge is 0.305 e. The number of nitrogens with zero attached hydrogens (tertiary/aromatic N) is 1. The minimum absolute atomic E-state index is 0.103. The van der Waals surface area contributed by atoms with Crippen LogP contribution in [0.5, 0.6) is 0 Å². The number of nitrogens with one attached hydrogen (secondary N) is 1. The van der Waals surface area contributed by atoms with E-state index in [1.165, 1.54) is 0 Å². The average Bonchev–Trinajstić information content (AvgIpc) is 2.26. The van der Waals surface area contributed by atoms with E-state index in [-0.39, 0.29) is 17.7 Å². The fraction of sp³-hybridized carbons (Fsp3) is 0.500. The van der Waals surface area contributed by atoms with Crippen LogP contribution in [0, 0.1) is 12.3 Å². The zero-order chi connectivity index (χ0) is 14.6. The van der Waals surface area contributed by atoms with Gasteiger partial charge in [0.05, 0.1) is 12.0 Å². The Labute approximate surface area is 113 Å². The third kappa shape index (κ3) is 4.35. The zero-order valence-corrected chi connectivity index (χ0v) is 11.7. The van der Waals surface area contributed by atoms with Crippen LogP contribution in [-0.2, 0) is 4.79 Å². The second-order valence-corrected chi connectivity index (χ2v) is 5.63. The maximum absolute atomic E-state index is 12.2. The molecule has 0 aliphatic rings. The molecule has 0 aromatic carbocycles. The van der Waals surface area contributed by atoms with Crippen LogP contribution in [0.1, 0.15) is 43.2 Å². The lowest BCUT2D eigenvalue weighted by molar-refractivity contribution is -0.138. The van der Waals surface area contributed by atoms with Crippen LogP contribution < -0.4 is 5.32 Å². The summed E-state index contributed by atoms with van der Waals surface area (Å²) in [4.78, 5) is 27.1. The number of aromatic nitrogens is 1. The minimum Gasteiger partial charge on any atom is -0.481 e. The lowest BCUT2D eigenvalue weighted by Crippen LogP contribution is -2.45. The van der Waals surface area contributed by atoms with Gasteiger partial charge in [-0.05, 0) is 24.5 Å². The van der Waals surface area contributed by atoms with E-state index in [0.717, 1.165) is 0 Å². The number of pyridine rings is 1. The van der Waals surface area contributed by atoms with Crippen molar-refractivity contribution in [3.8, 4) is 0 Å². The van der Waals surface area contributed by atoms with Crippen molar-refractivity contribution in [2.24, 2.45) is 5.41 Å². The van der Waals surface area contributed by atoms with Crippen molar-refractivity contribution in [1.29, 1.82) is 0 Å². The molecule has 5 heteroatoms. The molecule has 1 unspecified atom stereocenters. The van der Waals surface area contributed by atoms with Crippen molar-refractivity contribution in [1.82, 2.24) is 10.3 Å².